The van der Waals surface area contributed by atoms with Gasteiger partial charge in [0.05, 0.1) is 18.1 Å². The third-order valence-corrected chi connectivity index (χ3v) is 3.91. The first-order valence-corrected chi connectivity index (χ1v) is 7.31. The predicted octanol–water partition coefficient (Wildman–Crippen LogP) is 1.86. The number of carboxylic acid groups (broad SMARTS) is 1. The summed E-state index contributed by atoms with van der Waals surface area (Å²) < 4.78 is 5.59. The van der Waals surface area contributed by atoms with Gasteiger partial charge in [0, 0.05) is 19.1 Å². The molecule has 0 aliphatic carbocycles. The van der Waals surface area contributed by atoms with E-state index in [0.717, 1.165) is 19.4 Å². The van der Waals surface area contributed by atoms with Crippen LogP contribution in [-0.4, -0.2) is 36.2 Å². The first-order valence-electron chi connectivity index (χ1n) is 7.31. The molecular weight excluding hydrogens is 270 g/mol. The van der Waals surface area contributed by atoms with Crippen molar-refractivity contribution >= 4 is 11.9 Å². The Balaban J connectivity index is 1.89. The highest BCUT2D eigenvalue weighted by Gasteiger charge is 2.26. The summed E-state index contributed by atoms with van der Waals surface area (Å²) in [4.78, 5) is 23.1. The Morgan fingerprint density at radius 2 is 2.14 bits per heavy atom. The molecule has 1 amide bonds. The van der Waals surface area contributed by atoms with E-state index in [1.807, 2.05) is 0 Å². The zero-order valence-corrected chi connectivity index (χ0v) is 12.2. The summed E-state index contributed by atoms with van der Waals surface area (Å²) in [5.41, 5.74) is 0.723. The van der Waals surface area contributed by atoms with Gasteiger partial charge in [0.2, 0.25) is 5.91 Å². The Labute approximate surface area is 124 Å². The zero-order valence-electron chi connectivity index (χ0n) is 12.2. The van der Waals surface area contributed by atoms with E-state index in [9.17, 15) is 9.59 Å². The topological polar surface area (TPSA) is 75.6 Å². The molecule has 0 saturated carbocycles. The minimum absolute atomic E-state index is 0.0901. The van der Waals surface area contributed by atoms with Crippen LogP contribution in [0.3, 0.4) is 0 Å². The maximum absolute atomic E-state index is 12.0. The van der Waals surface area contributed by atoms with Crippen molar-refractivity contribution in [2.75, 3.05) is 13.2 Å². The van der Waals surface area contributed by atoms with Crippen LogP contribution in [0.25, 0.3) is 0 Å². The number of carbonyl (C=O) groups is 2. The summed E-state index contributed by atoms with van der Waals surface area (Å²) in [5, 5.41) is 12.0. The van der Waals surface area contributed by atoms with Crippen molar-refractivity contribution < 1.29 is 19.4 Å². The van der Waals surface area contributed by atoms with Gasteiger partial charge in [-0.15, -0.1) is 0 Å². The van der Waals surface area contributed by atoms with Crippen molar-refractivity contribution in [2.24, 2.45) is 5.92 Å². The quantitative estimate of drug-likeness (QED) is 0.839. The molecular formula is C16H21NO4. The van der Waals surface area contributed by atoms with Gasteiger partial charge >= 0.3 is 5.97 Å². The minimum atomic E-state index is -1.01. The standard InChI is InChI=1S/C16H21NO4/c1-2-14-12(7-8-21-14)10-17-15(18)9-11-5-3-4-6-13(11)16(19)20/h3-6,12,14H,2,7-10H2,1H3,(H,17,18)(H,19,20). The molecule has 114 valence electrons. The minimum Gasteiger partial charge on any atom is -0.478 e. The maximum Gasteiger partial charge on any atom is 0.335 e. The van der Waals surface area contributed by atoms with Crippen molar-refractivity contribution in [1.82, 2.24) is 5.32 Å². The number of carbonyl (C=O) groups excluding carboxylic acids is 1. The Morgan fingerprint density at radius 1 is 1.38 bits per heavy atom. The van der Waals surface area contributed by atoms with Crippen molar-refractivity contribution in [3.63, 3.8) is 0 Å². The SMILES string of the molecule is CCC1OCCC1CNC(=O)Cc1ccccc1C(=O)O. The third-order valence-electron chi connectivity index (χ3n) is 3.91. The number of aromatic carboxylic acids is 1. The predicted molar refractivity (Wildman–Crippen MR) is 78.3 cm³/mol. The molecule has 0 spiro atoms. The van der Waals surface area contributed by atoms with Crippen LogP contribution in [-0.2, 0) is 16.0 Å². The molecule has 2 atom stereocenters. The molecule has 1 aromatic carbocycles. The molecule has 5 nitrogen and oxygen atoms in total. The highest BCUT2D eigenvalue weighted by Crippen LogP contribution is 2.22. The molecule has 2 rings (SSSR count). The number of carboxylic acids is 1. The van der Waals surface area contributed by atoms with Gasteiger partial charge in [0.25, 0.3) is 0 Å². The van der Waals surface area contributed by atoms with Crippen molar-refractivity contribution in [3.8, 4) is 0 Å². The number of benzene rings is 1. The van der Waals surface area contributed by atoms with Crippen LogP contribution in [0, 0.1) is 5.92 Å². The van der Waals surface area contributed by atoms with Crippen LogP contribution >= 0.6 is 0 Å². The summed E-state index contributed by atoms with van der Waals surface area (Å²) in [7, 11) is 0. The number of rotatable bonds is 6. The average molecular weight is 291 g/mol. The van der Waals surface area contributed by atoms with Gasteiger partial charge in [0.15, 0.2) is 0 Å². The molecule has 2 N–H and O–H groups in total. The zero-order chi connectivity index (χ0) is 15.2. The smallest absolute Gasteiger partial charge is 0.335 e. The number of nitrogens with one attached hydrogen (secondary N) is 1. The first kappa shape index (κ1) is 15.5. The second-order valence-corrected chi connectivity index (χ2v) is 5.31. The van der Waals surface area contributed by atoms with Gasteiger partial charge in [-0.1, -0.05) is 25.1 Å². The second-order valence-electron chi connectivity index (χ2n) is 5.31. The number of hydrogen-bond acceptors (Lipinski definition) is 3. The molecule has 5 heteroatoms. The van der Waals surface area contributed by atoms with Crippen LogP contribution < -0.4 is 5.32 Å². The van der Waals surface area contributed by atoms with Crippen LogP contribution in [0.15, 0.2) is 24.3 Å². The summed E-state index contributed by atoms with van der Waals surface area (Å²) >= 11 is 0. The fourth-order valence-electron chi connectivity index (χ4n) is 2.74. The average Bonchev–Trinajstić information content (AvgIpc) is 2.93. The van der Waals surface area contributed by atoms with Gasteiger partial charge in [-0.3, -0.25) is 4.79 Å². The van der Waals surface area contributed by atoms with E-state index in [1.165, 1.54) is 6.07 Å². The van der Waals surface area contributed by atoms with Gasteiger partial charge in [-0.05, 0) is 24.5 Å². The van der Waals surface area contributed by atoms with Crippen molar-refractivity contribution in [3.05, 3.63) is 35.4 Å². The van der Waals surface area contributed by atoms with Crippen molar-refractivity contribution in [1.29, 1.82) is 0 Å². The van der Waals surface area contributed by atoms with Crippen LogP contribution in [0.4, 0.5) is 0 Å². The molecule has 0 radical (unpaired) electrons. The summed E-state index contributed by atoms with van der Waals surface area (Å²) in [5.74, 6) is -0.798. The molecule has 1 fully saturated rings. The number of amides is 1. The molecule has 1 saturated heterocycles. The molecule has 1 heterocycles. The Kier molecular flexibility index (Phi) is 5.33. The van der Waals surface area contributed by atoms with Gasteiger partial charge in [-0.25, -0.2) is 4.79 Å². The largest absolute Gasteiger partial charge is 0.478 e. The highest BCUT2D eigenvalue weighted by atomic mass is 16.5. The monoisotopic (exact) mass is 291 g/mol. The lowest BCUT2D eigenvalue weighted by Crippen LogP contribution is -2.33. The summed E-state index contributed by atoms with van der Waals surface area (Å²) in [6.45, 7) is 3.42. The fraction of sp³-hybridized carbons (Fsp3) is 0.500. The van der Waals surface area contributed by atoms with Gasteiger partial charge in [0.1, 0.15) is 0 Å². The Hall–Kier alpha value is -1.88. The highest BCUT2D eigenvalue weighted by molar-refractivity contribution is 5.91. The van der Waals surface area contributed by atoms with Crippen LogP contribution in [0.1, 0.15) is 35.7 Å². The second kappa shape index (κ2) is 7.22. The number of hydrogen-bond donors (Lipinski definition) is 2. The van der Waals surface area contributed by atoms with E-state index < -0.39 is 5.97 Å². The molecule has 21 heavy (non-hydrogen) atoms. The maximum atomic E-state index is 12.0. The molecule has 0 bridgehead atoms. The van der Waals surface area contributed by atoms with E-state index in [2.05, 4.69) is 12.2 Å². The van der Waals surface area contributed by atoms with E-state index in [4.69, 9.17) is 9.84 Å². The van der Waals surface area contributed by atoms with Gasteiger partial charge in [-0.2, -0.15) is 0 Å². The summed E-state index contributed by atoms with van der Waals surface area (Å²) in [6.07, 6.45) is 2.22. The molecule has 2 unspecified atom stereocenters. The lowest BCUT2D eigenvalue weighted by molar-refractivity contribution is -0.120. The van der Waals surface area contributed by atoms with Crippen LogP contribution in [0.5, 0.6) is 0 Å². The third kappa shape index (κ3) is 4.04. The van der Waals surface area contributed by atoms with Gasteiger partial charge < -0.3 is 15.2 Å². The number of ether oxygens (including phenoxy) is 1. The normalized spacial score (nSPS) is 21.2. The van der Waals surface area contributed by atoms with Crippen LogP contribution in [0.2, 0.25) is 0 Å². The molecule has 0 aromatic heterocycles. The lowest BCUT2D eigenvalue weighted by Gasteiger charge is -2.17. The molecule has 1 aliphatic heterocycles. The molecule has 1 aliphatic rings. The van der Waals surface area contributed by atoms with E-state index in [0.29, 0.717) is 18.0 Å². The van der Waals surface area contributed by atoms with E-state index >= 15 is 0 Å². The first-order chi connectivity index (χ1) is 10.1. The lowest BCUT2D eigenvalue weighted by atomic mass is 9.99. The summed E-state index contributed by atoms with van der Waals surface area (Å²) in [6, 6.07) is 6.60. The Morgan fingerprint density at radius 3 is 2.86 bits per heavy atom. The van der Waals surface area contributed by atoms with E-state index in [-0.39, 0.29) is 24.0 Å². The van der Waals surface area contributed by atoms with E-state index in [1.54, 1.807) is 18.2 Å². The fourth-order valence-corrected chi connectivity index (χ4v) is 2.74. The molecule has 1 aromatic rings. The Bertz CT molecular complexity index is 515. The van der Waals surface area contributed by atoms with Crippen molar-refractivity contribution in [2.45, 2.75) is 32.3 Å².